The van der Waals surface area contributed by atoms with Gasteiger partial charge in [-0.05, 0) is 56.9 Å². The van der Waals surface area contributed by atoms with Crippen LogP contribution in [0.4, 0.5) is 5.82 Å². The van der Waals surface area contributed by atoms with E-state index in [4.69, 9.17) is 6.57 Å². The predicted molar refractivity (Wildman–Crippen MR) is 119 cm³/mol. The molecule has 2 heterocycles. The molecule has 0 unspecified atom stereocenters. The molecule has 0 saturated carbocycles. The molecule has 0 atom stereocenters. The van der Waals surface area contributed by atoms with Gasteiger partial charge >= 0.3 is 0 Å². The SMILES string of the molecule is [C-]#[N+]c1cc(-c2c3ccccc3c(-c3cc(C#N)ccn3)c3ccccc23)ccn1. The summed E-state index contributed by atoms with van der Waals surface area (Å²) in [6, 6.07) is 25.9. The maximum absolute atomic E-state index is 9.37. The Morgan fingerprint density at radius 3 is 1.93 bits per heavy atom. The van der Waals surface area contributed by atoms with E-state index in [1.165, 1.54) is 0 Å². The largest absolute Gasteiger partial charge is 0.361 e. The second-order valence-electron chi connectivity index (χ2n) is 6.90. The van der Waals surface area contributed by atoms with Crippen LogP contribution in [0.1, 0.15) is 5.56 Å². The van der Waals surface area contributed by atoms with Crippen LogP contribution < -0.4 is 0 Å². The van der Waals surface area contributed by atoms with Crippen LogP contribution >= 0.6 is 0 Å². The fraction of sp³-hybridized carbons (Fsp3) is 0. The van der Waals surface area contributed by atoms with E-state index < -0.39 is 0 Å². The fourth-order valence-corrected chi connectivity index (χ4v) is 3.99. The van der Waals surface area contributed by atoms with Crippen molar-refractivity contribution in [2.24, 2.45) is 0 Å². The van der Waals surface area contributed by atoms with Crippen LogP contribution in [0.15, 0.2) is 85.2 Å². The summed E-state index contributed by atoms with van der Waals surface area (Å²) >= 11 is 0. The zero-order valence-electron chi connectivity index (χ0n) is 15.9. The summed E-state index contributed by atoms with van der Waals surface area (Å²) in [5.41, 5.74) is 4.36. The molecule has 0 N–H and O–H groups in total. The van der Waals surface area contributed by atoms with Gasteiger partial charge in [0.15, 0.2) is 0 Å². The topological polar surface area (TPSA) is 53.9 Å². The number of hydrogen-bond donors (Lipinski definition) is 0. The van der Waals surface area contributed by atoms with Crippen molar-refractivity contribution in [2.45, 2.75) is 0 Å². The predicted octanol–water partition coefficient (Wildman–Crippen LogP) is 6.54. The molecule has 0 aliphatic rings. The molecule has 3 aromatic carbocycles. The number of rotatable bonds is 2. The summed E-state index contributed by atoms with van der Waals surface area (Å²) in [4.78, 5) is 12.2. The smallest absolute Gasteiger partial charge is 0.270 e. The third-order valence-electron chi connectivity index (χ3n) is 5.23. The second kappa shape index (κ2) is 7.13. The van der Waals surface area contributed by atoms with Crippen LogP contribution in [0.5, 0.6) is 0 Å². The van der Waals surface area contributed by atoms with Gasteiger partial charge in [0, 0.05) is 11.8 Å². The van der Waals surface area contributed by atoms with Crippen LogP contribution in [0.2, 0.25) is 0 Å². The van der Waals surface area contributed by atoms with Crippen molar-refractivity contribution in [1.29, 1.82) is 5.26 Å². The fourth-order valence-electron chi connectivity index (χ4n) is 3.99. The number of nitrogens with zero attached hydrogens (tertiary/aromatic N) is 4. The first-order valence-electron chi connectivity index (χ1n) is 9.44. The highest BCUT2D eigenvalue weighted by atomic mass is 14.8. The molecule has 0 aliphatic heterocycles. The van der Waals surface area contributed by atoms with Crippen molar-refractivity contribution in [2.75, 3.05) is 0 Å². The van der Waals surface area contributed by atoms with E-state index in [2.05, 4.69) is 45.1 Å². The number of fused-ring (bicyclic) bond motifs is 2. The first kappa shape index (κ1) is 17.6. The van der Waals surface area contributed by atoms with Crippen molar-refractivity contribution in [3.8, 4) is 28.5 Å². The lowest BCUT2D eigenvalue weighted by Gasteiger charge is -2.17. The maximum Gasteiger partial charge on any atom is 0.270 e. The Morgan fingerprint density at radius 2 is 1.33 bits per heavy atom. The average Bonchev–Trinajstić information content (AvgIpc) is 2.82. The lowest BCUT2D eigenvalue weighted by Crippen LogP contribution is -1.93. The quantitative estimate of drug-likeness (QED) is 0.257. The van der Waals surface area contributed by atoms with Gasteiger partial charge in [0.25, 0.3) is 5.82 Å². The summed E-state index contributed by atoms with van der Waals surface area (Å²) in [6.45, 7) is 7.34. The van der Waals surface area contributed by atoms with Crippen molar-refractivity contribution in [3.63, 3.8) is 0 Å². The van der Waals surface area contributed by atoms with Crippen molar-refractivity contribution >= 4 is 27.4 Å². The van der Waals surface area contributed by atoms with Crippen LogP contribution in [0, 0.1) is 17.9 Å². The molecule has 0 fully saturated rings. The maximum atomic E-state index is 9.37. The van der Waals surface area contributed by atoms with Gasteiger partial charge in [-0.15, -0.1) is 4.98 Å². The lowest BCUT2D eigenvalue weighted by atomic mass is 9.87. The molecule has 0 amide bonds. The third-order valence-corrected chi connectivity index (χ3v) is 5.23. The van der Waals surface area contributed by atoms with E-state index in [1.54, 1.807) is 18.5 Å². The standard InChI is InChI=1S/C26H14N4/c1-28-24-15-18(11-13-30-24)25-19-6-2-4-8-21(19)26(22-9-5-3-7-20(22)25)23-14-17(16-27)10-12-29-23/h2-15H. The minimum absolute atomic E-state index is 0.369. The summed E-state index contributed by atoms with van der Waals surface area (Å²) < 4.78 is 0. The molecule has 0 saturated heterocycles. The number of aromatic nitrogens is 2. The van der Waals surface area contributed by atoms with Crippen molar-refractivity contribution in [3.05, 3.63) is 102 Å². The number of nitriles is 1. The average molecular weight is 382 g/mol. The van der Waals surface area contributed by atoms with E-state index in [-0.39, 0.29) is 0 Å². The molecule has 0 bridgehead atoms. The number of benzene rings is 3. The zero-order chi connectivity index (χ0) is 20.5. The molecule has 138 valence electrons. The van der Waals surface area contributed by atoms with Gasteiger partial charge in [0.1, 0.15) is 6.20 Å². The molecule has 0 aliphatic carbocycles. The van der Waals surface area contributed by atoms with Crippen LogP contribution in [0.3, 0.4) is 0 Å². The third kappa shape index (κ3) is 2.76. The van der Waals surface area contributed by atoms with E-state index >= 15 is 0 Å². The Morgan fingerprint density at radius 1 is 0.733 bits per heavy atom. The Balaban J connectivity index is 1.97. The Labute approximate surface area is 173 Å². The molecule has 30 heavy (non-hydrogen) atoms. The van der Waals surface area contributed by atoms with Crippen LogP contribution in [-0.4, -0.2) is 9.97 Å². The van der Waals surface area contributed by atoms with E-state index in [0.717, 1.165) is 43.9 Å². The summed E-state index contributed by atoms with van der Waals surface area (Å²) in [6.07, 6.45) is 3.36. The minimum Gasteiger partial charge on any atom is -0.361 e. The molecule has 0 spiro atoms. The van der Waals surface area contributed by atoms with Gasteiger partial charge in [0.2, 0.25) is 0 Å². The van der Waals surface area contributed by atoms with Gasteiger partial charge in [-0.1, -0.05) is 55.1 Å². The summed E-state index contributed by atoms with van der Waals surface area (Å²) in [7, 11) is 0. The molecule has 4 nitrogen and oxygen atoms in total. The van der Waals surface area contributed by atoms with Gasteiger partial charge in [0.05, 0.1) is 17.3 Å². The highest BCUT2D eigenvalue weighted by Crippen LogP contribution is 2.43. The van der Waals surface area contributed by atoms with Gasteiger partial charge in [-0.2, -0.15) is 5.26 Å². The molecular formula is C26H14N4. The molecular weight excluding hydrogens is 368 g/mol. The van der Waals surface area contributed by atoms with E-state index in [9.17, 15) is 5.26 Å². The van der Waals surface area contributed by atoms with Gasteiger partial charge in [-0.3, -0.25) is 4.98 Å². The van der Waals surface area contributed by atoms with Crippen LogP contribution in [-0.2, 0) is 0 Å². The second-order valence-corrected chi connectivity index (χ2v) is 6.90. The Kier molecular flexibility index (Phi) is 4.17. The highest BCUT2D eigenvalue weighted by Gasteiger charge is 2.17. The first-order valence-corrected chi connectivity index (χ1v) is 9.44. The monoisotopic (exact) mass is 382 g/mol. The van der Waals surface area contributed by atoms with E-state index in [1.807, 2.05) is 42.5 Å². The lowest BCUT2D eigenvalue weighted by molar-refractivity contribution is 1.32. The van der Waals surface area contributed by atoms with Gasteiger partial charge in [-0.25, -0.2) is 0 Å². The summed E-state index contributed by atoms with van der Waals surface area (Å²) in [5, 5.41) is 13.6. The molecule has 5 rings (SSSR count). The van der Waals surface area contributed by atoms with Gasteiger partial charge < -0.3 is 4.85 Å². The summed E-state index contributed by atoms with van der Waals surface area (Å²) in [5.74, 6) is 0.369. The highest BCUT2D eigenvalue weighted by molar-refractivity contribution is 6.21. The van der Waals surface area contributed by atoms with Crippen molar-refractivity contribution < 1.29 is 0 Å². The molecule has 4 heteroatoms. The Bertz CT molecular complexity index is 1350. The van der Waals surface area contributed by atoms with E-state index in [0.29, 0.717) is 11.4 Å². The van der Waals surface area contributed by atoms with Crippen molar-refractivity contribution in [1.82, 2.24) is 9.97 Å². The molecule has 0 radical (unpaired) electrons. The Hall–Kier alpha value is -4.54. The number of hydrogen-bond acceptors (Lipinski definition) is 3. The van der Waals surface area contributed by atoms with Crippen LogP contribution in [0.25, 0.3) is 48.8 Å². The minimum atomic E-state index is 0.369. The number of pyridine rings is 2. The normalized spacial score (nSPS) is 10.6. The zero-order valence-corrected chi connectivity index (χ0v) is 15.9. The molecule has 2 aromatic heterocycles. The first-order chi connectivity index (χ1) is 14.8. The molecule has 5 aromatic rings.